The topological polar surface area (TPSA) is 19.4 Å². The van der Waals surface area contributed by atoms with E-state index in [1.54, 1.807) is 0 Å². The maximum Gasteiger partial charge on any atom is 0.0280 e. The van der Waals surface area contributed by atoms with E-state index >= 15 is 0 Å². The van der Waals surface area contributed by atoms with Crippen molar-refractivity contribution < 1.29 is 0 Å². The Morgan fingerprint density at radius 2 is 1.19 bits per heavy atom. The number of piperazine rings is 2. The van der Waals surface area contributed by atoms with E-state index in [-0.39, 0.29) is 5.54 Å². The van der Waals surface area contributed by atoms with Crippen molar-refractivity contribution in [2.24, 2.45) is 0 Å². The zero-order chi connectivity index (χ0) is 25.4. The first-order chi connectivity index (χ1) is 17.2. The van der Waals surface area contributed by atoms with Crippen molar-refractivity contribution >= 4 is 0 Å². The summed E-state index contributed by atoms with van der Waals surface area (Å²) in [5.74, 6) is 0. The first-order valence-electron chi connectivity index (χ1n) is 15.7. The third kappa shape index (κ3) is 6.31. The molecule has 6 heteroatoms. The highest BCUT2D eigenvalue weighted by Crippen LogP contribution is 2.32. The molecule has 208 valence electrons. The summed E-state index contributed by atoms with van der Waals surface area (Å²) >= 11 is 0. The Morgan fingerprint density at radius 1 is 0.639 bits per heavy atom. The molecule has 0 bridgehead atoms. The lowest BCUT2D eigenvalue weighted by atomic mass is 9.93. The van der Waals surface area contributed by atoms with Gasteiger partial charge in [0.1, 0.15) is 0 Å². The van der Waals surface area contributed by atoms with Gasteiger partial charge < -0.3 is 4.90 Å². The summed E-state index contributed by atoms with van der Waals surface area (Å²) in [5.41, 5.74) is 0.270. The minimum absolute atomic E-state index is 0.270. The summed E-state index contributed by atoms with van der Waals surface area (Å²) in [5, 5.41) is 0. The number of nitrogens with zero attached hydrogens (tertiary/aromatic N) is 6. The SMILES string of the molecule is CC(C)N1CCC(N2CCN(CC(C)(C)N3CCC(N4CCN(C5CC5)CC4C)CC3)CC2C)CC1. The molecule has 1 saturated carbocycles. The van der Waals surface area contributed by atoms with Crippen LogP contribution in [0.4, 0.5) is 0 Å². The van der Waals surface area contributed by atoms with Crippen LogP contribution in [0.3, 0.4) is 0 Å². The summed E-state index contributed by atoms with van der Waals surface area (Å²) in [6.07, 6.45) is 8.33. The first kappa shape index (κ1) is 27.3. The monoisotopic (exact) mass is 502 g/mol. The van der Waals surface area contributed by atoms with Crippen LogP contribution in [-0.4, -0.2) is 143 Å². The zero-order valence-electron chi connectivity index (χ0n) is 24.7. The molecule has 5 rings (SSSR count). The van der Waals surface area contributed by atoms with Crippen molar-refractivity contribution in [2.45, 2.75) is 122 Å². The Morgan fingerprint density at radius 3 is 1.72 bits per heavy atom. The molecule has 6 nitrogen and oxygen atoms in total. The van der Waals surface area contributed by atoms with Gasteiger partial charge in [-0.05, 0) is 93.2 Å². The van der Waals surface area contributed by atoms with Crippen LogP contribution in [0.5, 0.6) is 0 Å². The van der Waals surface area contributed by atoms with Gasteiger partial charge in [0, 0.05) is 101 Å². The van der Waals surface area contributed by atoms with Crippen LogP contribution in [-0.2, 0) is 0 Å². The average Bonchev–Trinajstić information content (AvgIpc) is 3.70. The van der Waals surface area contributed by atoms with Crippen molar-refractivity contribution in [1.82, 2.24) is 29.4 Å². The lowest BCUT2D eigenvalue weighted by molar-refractivity contribution is -0.0240. The molecule has 2 atom stereocenters. The molecule has 5 fully saturated rings. The Kier molecular flexibility index (Phi) is 8.71. The lowest BCUT2D eigenvalue weighted by Gasteiger charge is -2.51. The first-order valence-corrected chi connectivity index (χ1v) is 15.7. The highest BCUT2D eigenvalue weighted by atomic mass is 15.3. The molecule has 2 unspecified atom stereocenters. The molecular weight excluding hydrogens is 444 g/mol. The molecule has 4 aliphatic heterocycles. The molecule has 1 aliphatic carbocycles. The fourth-order valence-corrected chi connectivity index (χ4v) is 8.23. The highest BCUT2D eigenvalue weighted by molar-refractivity contribution is 4.96. The summed E-state index contributed by atoms with van der Waals surface area (Å²) in [6, 6.07) is 4.66. The predicted octanol–water partition coefficient (Wildman–Crippen LogP) is 3.28. The Hall–Kier alpha value is -0.240. The van der Waals surface area contributed by atoms with Crippen LogP contribution < -0.4 is 0 Å². The molecule has 5 aliphatic rings. The van der Waals surface area contributed by atoms with E-state index in [1.807, 2.05) is 0 Å². The van der Waals surface area contributed by atoms with Crippen molar-refractivity contribution in [1.29, 1.82) is 0 Å². The summed E-state index contributed by atoms with van der Waals surface area (Å²) in [7, 11) is 0. The molecular formula is C30H58N6. The molecule has 0 aromatic rings. The van der Waals surface area contributed by atoms with E-state index in [9.17, 15) is 0 Å². The number of likely N-dealkylation sites (tertiary alicyclic amines) is 2. The molecule has 4 saturated heterocycles. The zero-order valence-corrected chi connectivity index (χ0v) is 24.7. The van der Waals surface area contributed by atoms with Gasteiger partial charge in [0.05, 0.1) is 0 Å². The van der Waals surface area contributed by atoms with Crippen LogP contribution >= 0.6 is 0 Å². The number of rotatable bonds is 7. The minimum atomic E-state index is 0.270. The smallest absolute Gasteiger partial charge is 0.0280 e. The van der Waals surface area contributed by atoms with Gasteiger partial charge >= 0.3 is 0 Å². The summed E-state index contributed by atoms with van der Waals surface area (Å²) < 4.78 is 0. The van der Waals surface area contributed by atoms with Gasteiger partial charge in [-0.3, -0.25) is 24.5 Å². The van der Waals surface area contributed by atoms with Gasteiger partial charge in [-0.1, -0.05) is 0 Å². The van der Waals surface area contributed by atoms with E-state index in [2.05, 4.69) is 70.9 Å². The van der Waals surface area contributed by atoms with Crippen LogP contribution in [0.2, 0.25) is 0 Å². The van der Waals surface area contributed by atoms with Gasteiger partial charge in [0.15, 0.2) is 0 Å². The van der Waals surface area contributed by atoms with Crippen molar-refractivity contribution in [3.63, 3.8) is 0 Å². The molecule has 36 heavy (non-hydrogen) atoms. The normalized spacial score (nSPS) is 33.1. The number of piperidine rings is 2. The Balaban J connectivity index is 1.05. The van der Waals surface area contributed by atoms with Gasteiger partial charge in [0.2, 0.25) is 0 Å². The molecule has 0 amide bonds. The minimum Gasteiger partial charge on any atom is -0.301 e. The third-order valence-corrected chi connectivity index (χ3v) is 10.6. The Bertz CT molecular complexity index is 692. The van der Waals surface area contributed by atoms with E-state index in [1.165, 1.54) is 111 Å². The van der Waals surface area contributed by atoms with E-state index in [0.717, 1.165) is 24.2 Å². The number of hydrogen-bond acceptors (Lipinski definition) is 6. The van der Waals surface area contributed by atoms with Crippen molar-refractivity contribution in [3.8, 4) is 0 Å². The van der Waals surface area contributed by atoms with E-state index in [0.29, 0.717) is 12.1 Å². The van der Waals surface area contributed by atoms with Crippen LogP contribution in [0.1, 0.15) is 80.1 Å². The maximum atomic E-state index is 2.87. The van der Waals surface area contributed by atoms with Crippen molar-refractivity contribution in [3.05, 3.63) is 0 Å². The number of hydrogen-bond donors (Lipinski definition) is 0. The van der Waals surface area contributed by atoms with Crippen LogP contribution in [0.15, 0.2) is 0 Å². The highest BCUT2D eigenvalue weighted by Gasteiger charge is 2.40. The lowest BCUT2D eigenvalue weighted by Crippen LogP contribution is -2.62. The fourth-order valence-electron chi connectivity index (χ4n) is 8.23. The molecule has 4 heterocycles. The fraction of sp³-hybridized carbons (Fsp3) is 1.00. The Labute approximate surface area is 223 Å². The second-order valence-corrected chi connectivity index (χ2v) is 14.0. The van der Waals surface area contributed by atoms with Crippen molar-refractivity contribution in [2.75, 3.05) is 72.0 Å². The second-order valence-electron chi connectivity index (χ2n) is 14.0. The second kappa shape index (κ2) is 11.5. The van der Waals surface area contributed by atoms with Gasteiger partial charge in [-0.15, -0.1) is 0 Å². The molecule has 0 aromatic heterocycles. The standard InChI is InChI=1S/C30H58N6/c1-24(2)32-13-9-28(10-14-32)35-19-17-31(21-25(35)3)23-30(5,6)34-15-11-29(12-16-34)36-20-18-33(22-26(36)4)27-7-8-27/h24-29H,7-23H2,1-6H3. The van der Waals surface area contributed by atoms with Gasteiger partial charge in [-0.25, -0.2) is 0 Å². The van der Waals surface area contributed by atoms with Crippen LogP contribution in [0.25, 0.3) is 0 Å². The molecule has 0 aromatic carbocycles. The van der Waals surface area contributed by atoms with E-state index < -0.39 is 0 Å². The third-order valence-electron chi connectivity index (χ3n) is 10.6. The molecule has 0 spiro atoms. The molecule has 0 radical (unpaired) electrons. The van der Waals surface area contributed by atoms with E-state index in [4.69, 9.17) is 0 Å². The maximum absolute atomic E-state index is 2.87. The quantitative estimate of drug-likeness (QED) is 0.528. The predicted molar refractivity (Wildman–Crippen MR) is 152 cm³/mol. The van der Waals surface area contributed by atoms with Gasteiger partial charge in [0.25, 0.3) is 0 Å². The summed E-state index contributed by atoms with van der Waals surface area (Å²) in [6.45, 7) is 28.7. The largest absolute Gasteiger partial charge is 0.301 e. The molecule has 0 N–H and O–H groups in total. The average molecular weight is 503 g/mol. The summed E-state index contributed by atoms with van der Waals surface area (Å²) in [4.78, 5) is 16.8. The van der Waals surface area contributed by atoms with Crippen LogP contribution in [0, 0.1) is 0 Å². The van der Waals surface area contributed by atoms with Gasteiger partial charge in [-0.2, -0.15) is 0 Å².